The zero-order valence-corrected chi connectivity index (χ0v) is 14.1. The molecule has 0 saturated carbocycles. The van der Waals surface area contributed by atoms with Crippen LogP contribution in [0.25, 0.3) is 10.6 Å². The number of rotatable bonds is 4. The van der Waals surface area contributed by atoms with Gasteiger partial charge in [0.25, 0.3) is 0 Å². The first kappa shape index (κ1) is 15.6. The fraction of sp³-hybridized carbons (Fsp3) is 0.150. The molecule has 2 aromatic carbocycles. The van der Waals surface area contributed by atoms with E-state index in [2.05, 4.69) is 60.4 Å². The molecule has 0 aliphatic carbocycles. The Labute approximate surface area is 141 Å². The number of ketones is 1. The Morgan fingerprint density at radius 3 is 2.09 bits per heavy atom. The zero-order valence-electron chi connectivity index (χ0n) is 13.3. The van der Waals surface area contributed by atoms with Crippen molar-refractivity contribution in [2.75, 3.05) is 6.54 Å². The second kappa shape index (κ2) is 6.88. The van der Waals surface area contributed by atoms with Gasteiger partial charge in [-0.1, -0.05) is 72.4 Å². The Hall–Kier alpha value is -2.26. The third kappa shape index (κ3) is 3.25. The highest BCUT2D eigenvalue weighted by molar-refractivity contribution is 8.12. The van der Waals surface area contributed by atoms with Gasteiger partial charge in [0.2, 0.25) is 0 Å². The fourth-order valence-corrected chi connectivity index (χ4v) is 4.05. The minimum absolute atomic E-state index is 0.0765. The molecule has 0 radical (unpaired) electrons. The van der Waals surface area contributed by atoms with Crippen LogP contribution < -0.4 is 0 Å². The van der Waals surface area contributed by atoms with E-state index in [4.69, 9.17) is 0 Å². The highest BCUT2D eigenvalue weighted by Gasteiger charge is 2.29. The summed E-state index contributed by atoms with van der Waals surface area (Å²) in [6.45, 7) is 4.54. The molecule has 0 amide bonds. The van der Waals surface area contributed by atoms with Gasteiger partial charge in [0.15, 0.2) is 5.78 Å². The summed E-state index contributed by atoms with van der Waals surface area (Å²) in [5.41, 5.74) is 3.53. The molecule has 3 heteroatoms. The summed E-state index contributed by atoms with van der Waals surface area (Å²) in [5.74, 6) is 0.0765. The molecule has 0 aromatic heterocycles. The molecule has 0 unspecified atom stereocenters. The van der Waals surface area contributed by atoms with Gasteiger partial charge in [-0.3, -0.25) is 4.79 Å². The molecule has 23 heavy (non-hydrogen) atoms. The first-order valence-electron chi connectivity index (χ1n) is 7.73. The zero-order chi connectivity index (χ0) is 16.2. The van der Waals surface area contributed by atoms with Crippen LogP contribution >= 0.6 is 11.8 Å². The molecule has 1 aliphatic heterocycles. The number of nitrogens with zero attached hydrogens (tertiary/aromatic N) is 1. The topological polar surface area (TPSA) is 20.3 Å². The summed E-state index contributed by atoms with van der Waals surface area (Å²) in [7, 11) is 0. The van der Waals surface area contributed by atoms with Crippen molar-refractivity contribution in [2.45, 2.75) is 13.8 Å². The van der Waals surface area contributed by atoms with E-state index in [0.717, 1.165) is 11.6 Å². The number of carbonyl (C=O) groups excluding carboxylic acids is 1. The van der Waals surface area contributed by atoms with E-state index in [1.807, 2.05) is 12.1 Å². The van der Waals surface area contributed by atoms with Crippen molar-refractivity contribution in [3.63, 3.8) is 0 Å². The molecule has 0 saturated heterocycles. The lowest BCUT2D eigenvalue weighted by Crippen LogP contribution is -2.16. The molecule has 2 nitrogen and oxygen atoms in total. The van der Waals surface area contributed by atoms with Crippen molar-refractivity contribution in [3.05, 3.63) is 82.9 Å². The predicted molar refractivity (Wildman–Crippen MR) is 98.4 cm³/mol. The lowest BCUT2D eigenvalue weighted by Gasteiger charge is -2.21. The van der Waals surface area contributed by atoms with Crippen LogP contribution in [0.15, 0.2) is 71.8 Å². The third-order valence-corrected chi connectivity index (χ3v) is 4.86. The van der Waals surface area contributed by atoms with Gasteiger partial charge in [-0.2, -0.15) is 0 Å². The number of thioether (sulfide) groups is 1. The quantitative estimate of drug-likeness (QED) is 0.738. The normalized spacial score (nSPS) is 16.3. The smallest absolute Gasteiger partial charge is 0.155 e. The maximum absolute atomic E-state index is 11.6. The van der Waals surface area contributed by atoms with Crippen molar-refractivity contribution >= 4 is 28.1 Å². The monoisotopic (exact) mass is 321 g/mol. The van der Waals surface area contributed by atoms with E-state index in [1.54, 1.807) is 24.8 Å². The van der Waals surface area contributed by atoms with Crippen molar-refractivity contribution in [1.29, 1.82) is 0 Å². The minimum atomic E-state index is 0.0765. The first-order chi connectivity index (χ1) is 11.2. The van der Waals surface area contributed by atoms with Crippen LogP contribution in [-0.4, -0.2) is 17.2 Å². The Balaban J connectivity index is 2.18. The minimum Gasteiger partial charge on any atom is -0.335 e. The second-order valence-electron chi connectivity index (χ2n) is 5.35. The highest BCUT2D eigenvalue weighted by atomic mass is 32.2. The third-order valence-electron chi connectivity index (χ3n) is 3.68. The summed E-state index contributed by atoms with van der Waals surface area (Å²) in [6, 6.07) is 20.7. The molecule has 2 aromatic rings. The Morgan fingerprint density at radius 2 is 1.57 bits per heavy atom. The fourth-order valence-electron chi connectivity index (χ4n) is 2.70. The Bertz CT molecular complexity index is 763. The lowest BCUT2D eigenvalue weighted by molar-refractivity contribution is -0.112. The van der Waals surface area contributed by atoms with E-state index in [-0.39, 0.29) is 5.78 Å². The van der Waals surface area contributed by atoms with Gasteiger partial charge < -0.3 is 4.90 Å². The van der Waals surface area contributed by atoms with Crippen LogP contribution in [0.5, 0.6) is 0 Å². The molecule has 1 heterocycles. The molecule has 0 atom stereocenters. The standard InChI is InChI=1S/C20H19NOS/c1-3-21-18(14-15(2)22)23-20(17-12-8-5-9-13-17)19(21)16-10-6-4-7-11-16/h4-14H,3H2,1-2H3. The Morgan fingerprint density at radius 1 is 1.00 bits per heavy atom. The van der Waals surface area contributed by atoms with Crippen LogP contribution in [0.2, 0.25) is 0 Å². The van der Waals surface area contributed by atoms with Crippen LogP contribution in [0.1, 0.15) is 25.0 Å². The first-order valence-corrected chi connectivity index (χ1v) is 8.55. The second-order valence-corrected chi connectivity index (χ2v) is 6.38. The molecule has 0 bridgehead atoms. The van der Waals surface area contributed by atoms with Gasteiger partial charge in [0.1, 0.15) is 0 Å². The molecule has 0 fully saturated rings. The van der Waals surface area contributed by atoms with Crippen molar-refractivity contribution in [2.24, 2.45) is 0 Å². The van der Waals surface area contributed by atoms with Gasteiger partial charge in [-0.15, -0.1) is 0 Å². The molecule has 3 rings (SSSR count). The van der Waals surface area contributed by atoms with Crippen LogP contribution in [0.3, 0.4) is 0 Å². The molecular formula is C20H19NOS. The molecule has 116 valence electrons. The van der Waals surface area contributed by atoms with Gasteiger partial charge >= 0.3 is 0 Å². The number of benzene rings is 2. The number of carbonyl (C=O) groups is 1. The van der Waals surface area contributed by atoms with Gasteiger partial charge in [-0.25, -0.2) is 0 Å². The van der Waals surface area contributed by atoms with Crippen molar-refractivity contribution in [3.8, 4) is 0 Å². The molecule has 0 spiro atoms. The van der Waals surface area contributed by atoms with E-state index in [0.29, 0.717) is 0 Å². The predicted octanol–water partition coefficient (Wildman–Crippen LogP) is 5.01. The molecule has 1 aliphatic rings. The summed E-state index contributed by atoms with van der Waals surface area (Å²) in [4.78, 5) is 15.0. The van der Waals surface area contributed by atoms with Crippen molar-refractivity contribution < 1.29 is 4.79 Å². The SMILES string of the molecule is CCN1C(=CC(C)=O)SC(c2ccccc2)=C1c1ccccc1. The number of allylic oxidation sites excluding steroid dienone is 1. The van der Waals surface area contributed by atoms with E-state index in [9.17, 15) is 4.79 Å². The van der Waals surface area contributed by atoms with Gasteiger partial charge in [-0.05, 0) is 25.0 Å². The Kier molecular flexibility index (Phi) is 4.68. The van der Waals surface area contributed by atoms with Gasteiger partial charge in [0.05, 0.1) is 10.7 Å². The molecular weight excluding hydrogens is 302 g/mol. The summed E-state index contributed by atoms with van der Waals surface area (Å²) < 4.78 is 0. The van der Waals surface area contributed by atoms with Gasteiger partial charge in [0, 0.05) is 17.5 Å². The lowest BCUT2D eigenvalue weighted by atomic mass is 10.1. The molecule has 0 N–H and O–H groups in total. The summed E-state index contributed by atoms with van der Waals surface area (Å²) >= 11 is 1.67. The van der Waals surface area contributed by atoms with Crippen LogP contribution in [0.4, 0.5) is 0 Å². The van der Waals surface area contributed by atoms with E-state index >= 15 is 0 Å². The maximum atomic E-state index is 11.6. The number of hydrogen-bond acceptors (Lipinski definition) is 3. The highest BCUT2D eigenvalue weighted by Crippen LogP contribution is 2.50. The van der Waals surface area contributed by atoms with Crippen molar-refractivity contribution in [1.82, 2.24) is 4.90 Å². The van der Waals surface area contributed by atoms with E-state index in [1.165, 1.54) is 21.7 Å². The maximum Gasteiger partial charge on any atom is 0.155 e. The average molecular weight is 321 g/mol. The summed E-state index contributed by atoms with van der Waals surface area (Å²) in [5, 5.41) is 0.998. The average Bonchev–Trinajstić information content (AvgIpc) is 2.94. The number of hydrogen-bond donors (Lipinski definition) is 0. The van der Waals surface area contributed by atoms with Crippen LogP contribution in [-0.2, 0) is 4.79 Å². The summed E-state index contributed by atoms with van der Waals surface area (Å²) in [6.07, 6.45) is 1.73. The largest absolute Gasteiger partial charge is 0.335 e. The van der Waals surface area contributed by atoms with E-state index < -0.39 is 0 Å². The van der Waals surface area contributed by atoms with Crippen LogP contribution in [0, 0.1) is 0 Å².